The molecule has 0 amide bonds. The largest absolute Gasteiger partial charge is 0.465 e. The van der Waals surface area contributed by atoms with Crippen LogP contribution in [0.3, 0.4) is 0 Å². The molecular weight excluding hydrogens is 376 g/mol. The Bertz CT molecular complexity index is 810. The van der Waals surface area contributed by atoms with Gasteiger partial charge in [-0.3, -0.25) is 0 Å². The van der Waals surface area contributed by atoms with Gasteiger partial charge in [-0.25, -0.2) is 4.79 Å². The van der Waals surface area contributed by atoms with Gasteiger partial charge < -0.3 is 9.47 Å². The van der Waals surface area contributed by atoms with Crippen molar-refractivity contribution in [3.63, 3.8) is 0 Å². The molecule has 3 rings (SSSR count). The number of hydrogen-bond donors (Lipinski definition) is 0. The van der Waals surface area contributed by atoms with Crippen molar-refractivity contribution >= 4 is 33.2 Å². The van der Waals surface area contributed by atoms with Gasteiger partial charge in [0.05, 0.1) is 7.11 Å². The van der Waals surface area contributed by atoms with Crippen molar-refractivity contribution in [1.82, 2.24) is 0 Å². The van der Waals surface area contributed by atoms with Crippen LogP contribution < -0.4 is 4.74 Å². The summed E-state index contributed by atoms with van der Waals surface area (Å²) in [6, 6.07) is 19.3. The molecule has 2 aromatic carbocycles. The van der Waals surface area contributed by atoms with E-state index in [9.17, 15) is 4.79 Å². The Kier molecular flexibility index (Phi) is 4.79. The average molecular weight is 389 g/mol. The lowest BCUT2D eigenvalue weighted by atomic mass is 10.2. The summed E-state index contributed by atoms with van der Waals surface area (Å²) in [6.45, 7) is 0. The molecule has 1 heterocycles. The Morgan fingerprint density at radius 3 is 2.30 bits per heavy atom. The van der Waals surface area contributed by atoms with Crippen LogP contribution >= 0.6 is 27.3 Å². The molecule has 3 aromatic rings. The maximum atomic E-state index is 11.7. The third-order valence-electron chi connectivity index (χ3n) is 3.18. The molecule has 0 unspecified atom stereocenters. The number of thiophene rings is 1. The summed E-state index contributed by atoms with van der Waals surface area (Å²) in [7, 11) is 1.38. The number of hydrogen-bond acceptors (Lipinski definition) is 4. The van der Waals surface area contributed by atoms with Gasteiger partial charge in [0.2, 0.25) is 0 Å². The van der Waals surface area contributed by atoms with Crippen LogP contribution in [0.5, 0.6) is 11.5 Å². The fourth-order valence-corrected chi connectivity index (χ4v) is 3.81. The van der Waals surface area contributed by atoms with E-state index in [0.29, 0.717) is 4.88 Å². The third kappa shape index (κ3) is 3.63. The van der Waals surface area contributed by atoms with E-state index >= 15 is 0 Å². The highest BCUT2D eigenvalue weighted by Gasteiger charge is 2.15. The maximum Gasteiger partial charge on any atom is 0.349 e. The summed E-state index contributed by atoms with van der Waals surface area (Å²) in [6.07, 6.45) is 0. The van der Waals surface area contributed by atoms with E-state index in [4.69, 9.17) is 9.47 Å². The smallest absolute Gasteiger partial charge is 0.349 e. The lowest BCUT2D eigenvalue weighted by Gasteiger charge is -2.06. The molecule has 0 saturated heterocycles. The number of methoxy groups -OCH3 is 1. The lowest BCUT2D eigenvalue weighted by molar-refractivity contribution is 0.0605. The zero-order valence-corrected chi connectivity index (χ0v) is 14.7. The van der Waals surface area contributed by atoms with Crippen LogP contribution in [0.2, 0.25) is 0 Å². The molecule has 23 heavy (non-hydrogen) atoms. The number of halogens is 1. The van der Waals surface area contributed by atoms with Crippen LogP contribution in [0.15, 0.2) is 65.1 Å². The molecule has 5 heteroatoms. The monoisotopic (exact) mass is 388 g/mol. The minimum absolute atomic E-state index is 0.336. The first-order valence-corrected chi connectivity index (χ1v) is 8.49. The summed E-state index contributed by atoms with van der Waals surface area (Å²) in [5, 5.41) is 0. The van der Waals surface area contributed by atoms with Crippen LogP contribution in [0.1, 0.15) is 9.67 Å². The number of carbonyl (C=O) groups is 1. The minimum atomic E-state index is -0.336. The van der Waals surface area contributed by atoms with E-state index in [1.54, 1.807) is 0 Å². The maximum absolute atomic E-state index is 11.7. The Balaban J connectivity index is 1.81. The van der Waals surface area contributed by atoms with E-state index in [0.717, 1.165) is 26.4 Å². The third-order valence-corrected chi connectivity index (χ3v) is 5.23. The van der Waals surface area contributed by atoms with Crippen molar-refractivity contribution in [2.75, 3.05) is 7.11 Å². The van der Waals surface area contributed by atoms with E-state index in [1.165, 1.54) is 18.4 Å². The summed E-state index contributed by atoms with van der Waals surface area (Å²) in [5.41, 5.74) is 1.02. The van der Waals surface area contributed by atoms with Crippen LogP contribution in [0.25, 0.3) is 10.4 Å². The highest BCUT2D eigenvalue weighted by atomic mass is 79.9. The van der Waals surface area contributed by atoms with E-state index in [1.807, 2.05) is 60.7 Å². The first kappa shape index (κ1) is 15.8. The molecule has 0 aliphatic rings. The van der Waals surface area contributed by atoms with E-state index in [2.05, 4.69) is 15.9 Å². The molecule has 0 fully saturated rings. The summed E-state index contributed by atoms with van der Waals surface area (Å²) in [5.74, 6) is 1.23. The Labute approximate surface area is 146 Å². The van der Waals surface area contributed by atoms with Crippen LogP contribution in [0, 0.1) is 0 Å². The summed E-state index contributed by atoms with van der Waals surface area (Å²) in [4.78, 5) is 13.2. The van der Waals surface area contributed by atoms with Crippen molar-refractivity contribution in [1.29, 1.82) is 0 Å². The molecule has 116 valence electrons. The number of ether oxygens (including phenoxy) is 2. The number of benzene rings is 2. The zero-order valence-electron chi connectivity index (χ0n) is 12.3. The van der Waals surface area contributed by atoms with Gasteiger partial charge in [-0.05, 0) is 64.0 Å². The zero-order chi connectivity index (χ0) is 16.2. The second kappa shape index (κ2) is 6.98. The van der Waals surface area contributed by atoms with Crippen molar-refractivity contribution in [2.24, 2.45) is 0 Å². The molecule has 3 nitrogen and oxygen atoms in total. The normalized spacial score (nSPS) is 10.3. The number of rotatable bonds is 4. The van der Waals surface area contributed by atoms with Crippen molar-refractivity contribution in [3.05, 3.63) is 70.0 Å². The fourth-order valence-electron chi connectivity index (χ4n) is 2.05. The molecule has 0 saturated carbocycles. The first-order chi connectivity index (χ1) is 11.2. The van der Waals surface area contributed by atoms with Crippen LogP contribution in [-0.4, -0.2) is 13.1 Å². The molecule has 0 bridgehead atoms. The fraction of sp³-hybridized carbons (Fsp3) is 0.0556. The van der Waals surface area contributed by atoms with Crippen LogP contribution in [0.4, 0.5) is 0 Å². The number of carbonyl (C=O) groups excluding carboxylic acids is 1. The lowest BCUT2D eigenvalue weighted by Crippen LogP contribution is -1.97. The highest BCUT2D eigenvalue weighted by molar-refractivity contribution is 9.10. The minimum Gasteiger partial charge on any atom is -0.465 e. The van der Waals surface area contributed by atoms with Gasteiger partial charge in [0.25, 0.3) is 0 Å². The Hall–Kier alpha value is -2.11. The van der Waals surface area contributed by atoms with Gasteiger partial charge in [-0.2, -0.15) is 0 Å². The van der Waals surface area contributed by atoms with Gasteiger partial charge >= 0.3 is 5.97 Å². The van der Waals surface area contributed by atoms with Gasteiger partial charge in [0.1, 0.15) is 16.4 Å². The summed E-state index contributed by atoms with van der Waals surface area (Å²) < 4.78 is 11.3. The molecule has 0 spiro atoms. The number of esters is 1. The SMILES string of the molecule is COC(=O)c1sc(-c2ccc(Oc3ccccc3)cc2)cc1Br. The highest BCUT2D eigenvalue weighted by Crippen LogP contribution is 2.36. The van der Waals surface area contributed by atoms with Gasteiger partial charge in [-0.15, -0.1) is 11.3 Å². The summed E-state index contributed by atoms with van der Waals surface area (Å²) >= 11 is 4.79. The Morgan fingerprint density at radius 1 is 1.00 bits per heavy atom. The first-order valence-electron chi connectivity index (χ1n) is 6.88. The second-order valence-corrected chi connectivity index (χ2v) is 6.63. The molecule has 0 N–H and O–H groups in total. The Morgan fingerprint density at radius 2 is 1.65 bits per heavy atom. The molecule has 0 atom stereocenters. The molecule has 0 aliphatic carbocycles. The number of para-hydroxylation sites is 1. The van der Waals surface area contributed by atoms with Gasteiger partial charge in [-0.1, -0.05) is 18.2 Å². The topological polar surface area (TPSA) is 35.5 Å². The van der Waals surface area contributed by atoms with Gasteiger partial charge in [0.15, 0.2) is 0 Å². The van der Waals surface area contributed by atoms with Crippen molar-refractivity contribution in [2.45, 2.75) is 0 Å². The van der Waals surface area contributed by atoms with Crippen LogP contribution in [-0.2, 0) is 4.74 Å². The standard InChI is InChI=1S/C18H13BrO3S/c1-21-18(20)17-15(19)11-16(23-17)12-7-9-14(10-8-12)22-13-5-3-2-4-6-13/h2-11H,1H3. The predicted octanol–water partition coefficient (Wildman–Crippen LogP) is 5.76. The second-order valence-electron chi connectivity index (χ2n) is 4.72. The van der Waals surface area contributed by atoms with E-state index < -0.39 is 0 Å². The molecule has 0 aliphatic heterocycles. The molecular formula is C18H13BrO3S. The average Bonchev–Trinajstić information content (AvgIpc) is 2.97. The molecule has 0 radical (unpaired) electrons. The quantitative estimate of drug-likeness (QED) is 0.533. The molecule has 1 aromatic heterocycles. The van der Waals surface area contributed by atoms with E-state index in [-0.39, 0.29) is 5.97 Å². The van der Waals surface area contributed by atoms with Crippen molar-refractivity contribution in [3.8, 4) is 21.9 Å². The van der Waals surface area contributed by atoms with Crippen molar-refractivity contribution < 1.29 is 14.3 Å². The van der Waals surface area contributed by atoms with Gasteiger partial charge in [0, 0.05) is 9.35 Å². The predicted molar refractivity (Wildman–Crippen MR) is 95.3 cm³/mol.